The summed E-state index contributed by atoms with van der Waals surface area (Å²) in [6.45, 7) is 2.04. The van der Waals surface area contributed by atoms with Gasteiger partial charge in [0.15, 0.2) is 0 Å². The molecule has 31 heavy (non-hydrogen) atoms. The van der Waals surface area contributed by atoms with Gasteiger partial charge in [-0.2, -0.15) is 0 Å². The molecule has 2 aliphatic rings. The molecule has 6 nitrogen and oxygen atoms in total. The first-order valence-electron chi connectivity index (χ1n) is 10.6. The molecule has 0 aromatic heterocycles. The molecule has 3 aromatic rings. The number of nitrogens with one attached hydrogen (secondary N) is 1. The summed E-state index contributed by atoms with van der Waals surface area (Å²) in [6.07, 6.45) is 1.24. The molecular formula is C25H23N3O3. The highest BCUT2D eigenvalue weighted by molar-refractivity contribution is 6.12. The molecule has 1 heterocycles. The highest BCUT2D eigenvalue weighted by Gasteiger charge is 2.55. The molecule has 5 rings (SSSR count). The van der Waals surface area contributed by atoms with Crippen LogP contribution in [0.15, 0.2) is 66.7 Å². The number of urea groups is 1. The van der Waals surface area contributed by atoms with Crippen LogP contribution in [0.2, 0.25) is 0 Å². The van der Waals surface area contributed by atoms with Crippen molar-refractivity contribution in [3.8, 4) is 0 Å². The van der Waals surface area contributed by atoms with E-state index in [-0.39, 0.29) is 18.4 Å². The van der Waals surface area contributed by atoms with E-state index < -0.39 is 11.6 Å². The van der Waals surface area contributed by atoms with Crippen molar-refractivity contribution in [2.45, 2.75) is 25.3 Å². The lowest BCUT2D eigenvalue weighted by molar-refractivity contribution is -0.134. The lowest BCUT2D eigenvalue weighted by Crippen LogP contribution is -2.45. The van der Waals surface area contributed by atoms with E-state index in [4.69, 9.17) is 0 Å². The lowest BCUT2D eigenvalue weighted by Gasteiger charge is -2.25. The molecule has 0 bridgehead atoms. The fraction of sp³-hybridized carbons (Fsp3) is 0.240. The van der Waals surface area contributed by atoms with E-state index in [0.29, 0.717) is 13.0 Å². The largest absolute Gasteiger partial charge is 0.325 e. The predicted molar refractivity (Wildman–Crippen MR) is 119 cm³/mol. The zero-order valence-corrected chi connectivity index (χ0v) is 17.3. The first-order valence-corrected chi connectivity index (χ1v) is 10.6. The number of hydrogen-bond acceptors (Lipinski definition) is 3. The van der Waals surface area contributed by atoms with E-state index in [2.05, 4.69) is 5.32 Å². The van der Waals surface area contributed by atoms with E-state index in [1.54, 1.807) is 4.90 Å². The molecule has 6 heteroatoms. The normalized spacial score (nSPS) is 19.7. The molecule has 0 radical (unpaired) electrons. The number of imide groups is 1. The zero-order chi connectivity index (χ0) is 21.6. The zero-order valence-electron chi connectivity index (χ0n) is 17.3. The number of amides is 4. The topological polar surface area (TPSA) is 69.7 Å². The van der Waals surface area contributed by atoms with Crippen LogP contribution in [0.1, 0.15) is 24.5 Å². The van der Waals surface area contributed by atoms with E-state index in [0.717, 1.165) is 38.9 Å². The van der Waals surface area contributed by atoms with E-state index >= 15 is 0 Å². The van der Waals surface area contributed by atoms with Crippen molar-refractivity contribution < 1.29 is 14.4 Å². The Morgan fingerprint density at radius 1 is 1.03 bits per heavy atom. The number of fused-ring (bicyclic) bond motifs is 3. The summed E-state index contributed by atoms with van der Waals surface area (Å²) in [4.78, 5) is 42.1. The van der Waals surface area contributed by atoms with Crippen LogP contribution in [-0.2, 0) is 21.5 Å². The Morgan fingerprint density at radius 3 is 2.61 bits per heavy atom. The maximum Gasteiger partial charge on any atom is 0.325 e. The molecule has 0 saturated carbocycles. The summed E-state index contributed by atoms with van der Waals surface area (Å²) in [7, 11) is 0. The van der Waals surface area contributed by atoms with Gasteiger partial charge in [0.05, 0.1) is 5.69 Å². The van der Waals surface area contributed by atoms with Gasteiger partial charge in [0.2, 0.25) is 5.91 Å². The van der Waals surface area contributed by atoms with Crippen molar-refractivity contribution >= 4 is 34.3 Å². The second kappa shape index (κ2) is 7.23. The first-order chi connectivity index (χ1) is 15.0. The van der Waals surface area contributed by atoms with Gasteiger partial charge in [-0.25, -0.2) is 4.79 Å². The van der Waals surface area contributed by atoms with Crippen LogP contribution in [-0.4, -0.2) is 35.8 Å². The minimum absolute atomic E-state index is 0.286. The van der Waals surface area contributed by atoms with E-state index in [1.165, 1.54) is 0 Å². The minimum atomic E-state index is -1.05. The fourth-order valence-electron chi connectivity index (χ4n) is 4.88. The maximum absolute atomic E-state index is 13.4. The van der Waals surface area contributed by atoms with Gasteiger partial charge < -0.3 is 10.2 Å². The van der Waals surface area contributed by atoms with Crippen molar-refractivity contribution in [2.75, 3.05) is 18.0 Å². The van der Waals surface area contributed by atoms with Gasteiger partial charge in [-0.3, -0.25) is 14.5 Å². The molecule has 1 atom stereocenters. The van der Waals surface area contributed by atoms with Crippen molar-refractivity contribution in [3.05, 3.63) is 77.9 Å². The monoisotopic (exact) mass is 413 g/mol. The van der Waals surface area contributed by atoms with Crippen LogP contribution in [0.25, 0.3) is 10.8 Å². The van der Waals surface area contributed by atoms with Gasteiger partial charge in [0.25, 0.3) is 5.91 Å². The highest BCUT2D eigenvalue weighted by Crippen LogP contribution is 2.41. The molecule has 156 valence electrons. The molecule has 1 fully saturated rings. The standard InChI is InChI=1S/C25H23N3O3/c1-2-27(21-13-7-10-17-8-3-5-11-19(17)21)22(29)16-28-23(30)25(26-24(28)31)15-14-18-9-4-6-12-20(18)25/h3-13H,2,14-16H2,1H3,(H,26,31)/t25-/m1/s1. The van der Waals surface area contributed by atoms with Crippen LogP contribution in [0.5, 0.6) is 0 Å². The van der Waals surface area contributed by atoms with E-state index in [1.807, 2.05) is 73.7 Å². The summed E-state index contributed by atoms with van der Waals surface area (Å²) in [6, 6.07) is 20.8. The van der Waals surface area contributed by atoms with Crippen molar-refractivity contribution in [2.24, 2.45) is 0 Å². The van der Waals surface area contributed by atoms with Crippen LogP contribution < -0.4 is 10.2 Å². The van der Waals surface area contributed by atoms with Crippen LogP contribution in [0.3, 0.4) is 0 Å². The molecular weight excluding hydrogens is 390 g/mol. The molecule has 1 saturated heterocycles. The third-order valence-electron chi connectivity index (χ3n) is 6.39. The smallest absolute Gasteiger partial charge is 0.319 e. The van der Waals surface area contributed by atoms with Crippen molar-refractivity contribution in [1.29, 1.82) is 0 Å². The lowest BCUT2D eigenvalue weighted by atomic mass is 9.92. The first kappa shape index (κ1) is 19.3. The highest BCUT2D eigenvalue weighted by atomic mass is 16.2. The van der Waals surface area contributed by atoms with Crippen LogP contribution in [0, 0.1) is 0 Å². The summed E-state index contributed by atoms with van der Waals surface area (Å²) in [5.41, 5.74) is 1.63. The number of anilines is 1. The number of nitrogens with zero attached hydrogens (tertiary/aromatic N) is 2. The Morgan fingerprint density at radius 2 is 1.77 bits per heavy atom. The van der Waals surface area contributed by atoms with Crippen LogP contribution in [0.4, 0.5) is 10.5 Å². The second-order valence-electron chi connectivity index (χ2n) is 8.02. The molecule has 3 aromatic carbocycles. The summed E-state index contributed by atoms with van der Waals surface area (Å²) < 4.78 is 0. The number of aryl methyl sites for hydroxylation is 1. The predicted octanol–water partition coefficient (Wildman–Crippen LogP) is 3.59. The Hall–Kier alpha value is -3.67. The number of carbonyl (C=O) groups is 3. The fourth-order valence-corrected chi connectivity index (χ4v) is 4.88. The van der Waals surface area contributed by atoms with Gasteiger partial charge >= 0.3 is 6.03 Å². The van der Waals surface area contributed by atoms with Gasteiger partial charge in [0.1, 0.15) is 12.1 Å². The average Bonchev–Trinajstić information content (AvgIpc) is 3.27. The molecule has 4 amide bonds. The SMILES string of the molecule is CCN(C(=O)CN1C(=O)N[C@@]2(CCc3ccccc32)C1=O)c1cccc2ccccc12. The number of hydrogen-bond donors (Lipinski definition) is 1. The Bertz CT molecular complexity index is 1220. The average molecular weight is 413 g/mol. The number of rotatable bonds is 4. The molecule has 1 aliphatic heterocycles. The summed E-state index contributed by atoms with van der Waals surface area (Å²) >= 11 is 0. The van der Waals surface area contributed by atoms with Crippen molar-refractivity contribution in [1.82, 2.24) is 10.2 Å². The van der Waals surface area contributed by atoms with Crippen molar-refractivity contribution in [3.63, 3.8) is 0 Å². The van der Waals surface area contributed by atoms with Crippen LogP contribution >= 0.6 is 0 Å². The molecule has 1 spiro atoms. The third-order valence-corrected chi connectivity index (χ3v) is 6.39. The molecule has 0 unspecified atom stereocenters. The quantitative estimate of drug-likeness (QED) is 0.665. The summed E-state index contributed by atoms with van der Waals surface area (Å²) in [5, 5.41) is 4.87. The number of likely N-dealkylation sites (N-methyl/N-ethyl adjacent to an activating group) is 1. The third kappa shape index (κ3) is 2.90. The molecule has 1 aliphatic carbocycles. The Kier molecular flexibility index (Phi) is 4.50. The Labute approximate surface area is 180 Å². The summed E-state index contributed by atoms with van der Waals surface area (Å²) in [5.74, 6) is -0.629. The Balaban J connectivity index is 1.44. The maximum atomic E-state index is 13.4. The number of carbonyl (C=O) groups excluding carboxylic acids is 3. The minimum Gasteiger partial charge on any atom is -0.319 e. The van der Waals surface area contributed by atoms with Gasteiger partial charge in [-0.15, -0.1) is 0 Å². The van der Waals surface area contributed by atoms with Gasteiger partial charge in [-0.1, -0.05) is 60.7 Å². The van der Waals surface area contributed by atoms with Gasteiger partial charge in [-0.05, 0) is 42.3 Å². The van der Waals surface area contributed by atoms with E-state index in [9.17, 15) is 14.4 Å². The number of benzene rings is 3. The molecule has 1 N–H and O–H groups in total. The van der Waals surface area contributed by atoms with Gasteiger partial charge in [0, 0.05) is 11.9 Å². The second-order valence-corrected chi connectivity index (χ2v) is 8.02.